The van der Waals surface area contributed by atoms with Crippen LogP contribution < -0.4 is 5.32 Å². The van der Waals surface area contributed by atoms with Crippen molar-refractivity contribution in [2.24, 2.45) is 7.05 Å². The van der Waals surface area contributed by atoms with Crippen LogP contribution in [0.5, 0.6) is 0 Å². The molecule has 0 aromatic carbocycles. The van der Waals surface area contributed by atoms with Crippen LogP contribution in [0, 0.1) is 0 Å². The fraction of sp³-hybridized carbons (Fsp3) is 0.727. The second kappa shape index (κ2) is 5.28. The van der Waals surface area contributed by atoms with Crippen LogP contribution in [0.2, 0.25) is 0 Å². The van der Waals surface area contributed by atoms with Gasteiger partial charge in [0.05, 0.1) is 12.3 Å². The molecule has 1 unspecified atom stereocenters. The maximum atomic E-state index is 9.33. The van der Waals surface area contributed by atoms with Crippen LogP contribution in [-0.2, 0) is 13.6 Å². The molecule has 4 nitrogen and oxygen atoms in total. The van der Waals surface area contributed by atoms with E-state index < -0.39 is 0 Å². The molecule has 0 fully saturated rings. The predicted octanol–water partition coefficient (Wildman–Crippen LogP) is 1.06. The second-order valence-corrected chi connectivity index (χ2v) is 4.27. The van der Waals surface area contributed by atoms with Gasteiger partial charge in [0.25, 0.3) is 0 Å². The van der Waals surface area contributed by atoms with Crippen molar-refractivity contribution in [1.29, 1.82) is 0 Å². The van der Waals surface area contributed by atoms with E-state index in [9.17, 15) is 5.11 Å². The third kappa shape index (κ3) is 3.32. The van der Waals surface area contributed by atoms with Crippen LogP contribution >= 0.6 is 0 Å². The Morgan fingerprint density at radius 3 is 2.80 bits per heavy atom. The SMILES string of the molecule is CCCC(C)(CO)NCc1ccnn1C. The van der Waals surface area contributed by atoms with E-state index in [2.05, 4.69) is 17.3 Å². The quantitative estimate of drug-likeness (QED) is 0.740. The molecule has 1 heterocycles. The van der Waals surface area contributed by atoms with Gasteiger partial charge >= 0.3 is 0 Å². The molecule has 15 heavy (non-hydrogen) atoms. The summed E-state index contributed by atoms with van der Waals surface area (Å²) in [6.45, 7) is 5.08. The van der Waals surface area contributed by atoms with Crippen molar-refractivity contribution in [3.63, 3.8) is 0 Å². The largest absolute Gasteiger partial charge is 0.394 e. The average molecular weight is 211 g/mol. The Labute approximate surface area is 91.3 Å². The fourth-order valence-corrected chi connectivity index (χ4v) is 1.65. The molecule has 0 radical (unpaired) electrons. The van der Waals surface area contributed by atoms with Crippen molar-refractivity contribution in [2.45, 2.75) is 38.8 Å². The smallest absolute Gasteiger partial charge is 0.0610 e. The predicted molar refractivity (Wildman–Crippen MR) is 60.4 cm³/mol. The highest BCUT2D eigenvalue weighted by molar-refractivity contribution is 5.00. The van der Waals surface area contributed by atoms with Gasteiger partial charge in [-0.1, -0.05) is 13.3 Å². The van der Waals surface area contributed by atoms with Crippen molar-refractivity contribution >= 4 is 0 Å². The van der Waals surface area contributed by atoms with E-state index in [4.69, 9.17) is 0 Å². The molecule has 0 saturated heterocycles. The highest BCUT2D eigenvalue weighted by Crippen LogP contribution is 2.12. The highest BCUT2D eigenvalue weighted by Gasteiger charge is 2.21. The van der Waals surface area contributed by atoms with Gasteiger partial charge < -0.3 is 10.4 Å². The van der Waals surface area contributed by atoms with Crippen molar-refractivity contribution in [1.82, 2.24) is 15.1 Å². The average Bonchev–Trinajstić information content (AvgIpc) is 2.62. The first-order valence-corrected chi connectivity index (χ1v) is 5.44. The zero-order valence-electron chi connectivity index (χ0n) is 9.82. The minimum atomic E-state index is -0.182. The summed E-state index contributed by atoms with van der Waals surface area (Å²) in [5.74, 6) is 0. The van der Waals surface area contributed by atoms with Gasteiger partial charge in [0.1, 0.15) is 0 Å². The molecule has 2 N–H and O–H groups in total. The number of aryl methyl sites for hydroxylation is 1. The Morgan fingerprint density at radius 2 is 2.33 bits per heavy atom. The van der Waals surface area contributed by atoms with E-state index in [0.717, 1.165) is 25.1 Å². The Kier molecular flexibility index (Phi) is 4.29. The van der Waals surface area contributed by atoms with Gasteiger partial charge in [0.2, 0.25) is 0 Å². The number of hydrogen-bond acceptors (Lipinski definition) is 3. The molecule has 1 atom stereocenters. The van der Waals surface area contributed by atoms with Crippen LogP contribution in [-0.4, -0.2) is 27.0 Å². The monoisotopic (exact) mass is 211 g/mol. The summed E-state index contributed by atoms with van der Waals surface area (Å²) in [4.78, 5) is 0. The van der Waals surface area contributed by atoms with Crippen LogP contribution in [0.15, 0.2) is 12.3 Å². The van der Waals surface area contributed by atoms with E-state index in [1.807, 2.05) is 24.7 Å². The van der Waals surface area contributed by atoms with Crippen molar-refractivity contribution in [3.05, 3.63) is 18.0 Å². The number of aliphatic hydroxyl groups is 1. The Bertz CT molecular complexity index is 298. The van der Waals surface area contributed by atoms with Gasteiger partial charge in [-0.15, -0.1) is 0 Å². The lowest BCUT2D eigenvalue weighted by Crippen LogP contribution is -2.45. The molecule has 0 saturated carbocycles. The molecule has 0 aliphatic carbocycles. The van der Waals surface area contributed by atoms with Crippen LogP contribution in [0.25, 0.3) is 0 Å². The van der Waals surface area contributed by atoms with Gasteiger partial charge in [-0.25, -0.2) is 0 Å². The summed E-state index contributed by atoms with van der Waals surface area (Å²) in [7, 11) is 1.92. The number of nitrogens with zero attached hydrogens (tertiary/aromatic N) is 2. The van der Waals surface area contributed by atoms with Gasteiger partial charge in [0, 0.05) is 25.3 Å². The maximum Gasteiger partial charge on any atom is 0.0610 e. The Hall–Kier alpha value is -0.870. The minimum absolute atomic E-state index is 0.165. The van der Waals surface area contributed by atoms with Gasteiger partial charge in [-0.2, -0.15) is 5.10 Å². The van der Waals surface area contributed by atoms with E-state index in [1.54, 1.807) is 6.20 Å². The molecule has 1 rings (SSSR count). The first-order chi connectivity index (χ1) is 7.11. The van der Waals surface area contributed by atoms with Gasteiger partial charge in [-0.3, -0.25) is 4.68 Å². The number of aromatic nitrogens is 2. The Morgan fingerprint density at radius 1 is 1.60 bits per heavy atom. The number of nitrogens with one attached hydrogen (secondary N) is 1. The Balaban J connectivity index is 2.51. The van der Waals surface area contributed by atoms with Crippen molar-refractivity contribution in [3.8, 4) is 0 Å². The standard InChI is InChI=1S/C11H21N3O/c1-4-6-11(2,9-15)12-8-10-5-7-13-14(10)3/h5,7,12,15H,4,6,8-9H2,1-3H3. The molecule has 0 amide bonds. The zero-order chi connectivity index (χ0) is 11.3. The van der Waals surface area contributed by atoms with E-state index in [0.29, 0.717) is 0 Å². The van der Waals surface area contributed by atoms with Crippen LogP contribution in [0.1, 0.15) is 32.4 Å². The topological polar surface area (TPSA) is 50.1 Å². The third-order valence-electron chi connectivity index (χ3n) is 2.77. The molecule has 0 bridgehead atoms. The molecule has 1 aromatic heterocycles. The van der Waals surface area contributed by atoms with E-state index in [1.165, 1.54) is 0 Å². The summed E-state index contributed by atoms with van der Waals surface area (Å²) >= 11 is 0. The van der Waals surface area contributed by atoms with E-state index in [-0.39, 0.29) is 12.1 Å². The summed E-state index contributed by atoms with van der Waals surface area (Å²) < 4.78 is 1.84. The first kappa shape index (κ1) is 12.2. The van der Waals surface area contributed by atoms with Crippen molar-refractivity contribution < 1.29 is 5.11 Å². The number of hydrogen-bond donors (Lipinski definition) is 2. The maximum absolute atomic E-state index is 9.33. The summed E-state index contributed by atoms with van der Waals surface area (Å²) in [6, 6.07) is 1.98. The minimum Gasteiger partial charge on any atom is -0.394 e. The van der Waals surface area contributed by atoms with Crippen LogP contribution in [0.4, 0.5) is 0 Å². The van der Waals surface area contributed by atoms with Gasteiger partial charge in [-0.05, 0) is 19.4 Å². The normalized spacial score (nSPS) is 15.2. The molecule has 1 aromatic rings. The van der Waals surface area contributed by atoms with Gasteiger partial charge in [0.15, 0.2) is 0 Å². The van der Waals surface area contributed by atoms with Crippen LogP contribution in [0.3, 0.4) is 0 Å². The third-order valence-corrected chi connectivity index (χ3v) is 2.77. The summed E-state index contributed by atoms with van der Waals surface area (Å²) in [5.41, 5.74) is 0.949. The molecular formula is C11H21N3O. The lowest BCUT2D eigenvalue weighted by molar-refractivity contribution is 0.162. The number of rotatable bonds is 6. The molecule has 86 valence electrons. The molecule has 0 aliphatic rings. The molecule has 0 aliphatic heterocycles. The highest BCUT2D eigenvalue weighted by atomic mass is 16.3. The van der Waals surface area contributed by atoms with E-state index >= 15 is 0 Å². The van der Waals surface area contributed by atoms with Crippen molar-refractivity contribution in [2.75, 3.05) is 6.61 Å². The fourth-order valence-electron chi connectivity index (χ4n) is 1.65. The summed E-state index contributed by atoms with van der Waals surface area (Å²) in [5, 5.41) is 16.8. The first-order valence-electron chi connectivity index (χ1n) is 5.44. The molecule has 4 heteroatoms. The lowest BCUT2D eigenvalue weighted by atomic mass is 9.97. The zero-order valence-corrected chi connectivity index (χ0v) is 9.82. The molecule has 0 spiro atoms. The molecular weight excluding hydrogens is 190 g/mol. The lowest BCUT2D eigenvalue weighted by Gasteiger charge is -2.28. The summed E-state index contributed by atoms with van der Waals surface area (Å²) in [6.07, 6.45) is 3.82. The number of aliphatic hydroxyl groups excluding tert-OH is 1. The second-order valence-electron chi connectivity index (χ2n) is 4.27.